The van der Waals surface area contributed by atoms with Crippen LogP contribution in [-0.2, 0) is 12.8 Å². The summed E-state index contributed by atoms with van der Waals surface area (Å²) in [5.74, 6) is -1.04. The summed E-state index contributed by atoms with van der Waals surface area (Å²) in [5.41, 5.74) is 2.49. The molecule has 0 aliphatic heterocycles. The quantitative estimate of drug-likeness (QED) is 0.838. The van der Waals surface area contributed by atoms with Crippen LogP contribution < -0.4 is 0 Å². The highest BCUT2D eigenvalue weighted by atomic mass is 19.1. The number of hydrogen-bond acceptors (Lipinski definition) is 2. The number of aromatic carboxylic acids is 1. The molecular weight excluding hydrogens is 293 g/mol. The van der Waals surface area contributed by atoms with Gasteiger partial charge in [0.2, 0.25) is 0 Å². The number of hydrogen-bond donors (Lipinski definition) is 1. The molecule has 0 fully saturated rings. The largest absolute Gasteiger partial charge is 0.478 e. The third-order valence-corrected chi connectivity index (χ3v) is 3.66. The van der Waals surface area contributed by atoms with Crippen LogP contribution in [0.1, 0.15) is 48.9 Å². The molecule has 0 spiro atoms. The number of halogens is 1. The summed E-state index contributed by atoms with van der Waals surface area (Å²) in [6.45, 7) is 6.12. The fourth-order valence-electron chi connectivity index (χ4n) is 2.66. The fraction of sp³-hybridized carbons (Fsp3) is 0.368. The number of rotatable bonds is 6. The maximum absolute atomic E-state index is 14.2. The second-order valence-electron chi connectivity index (χ2n) is 6.11. The lowest BCUT2D eigenvalue weighted by Crippen LogP contribution is -2.10. The summed E-state index contributed by atoms with van der Waals surface area (Å²) in [5, 5.41) is 9.47. The Morgan fingerprint density at radius 3 is 2.48 bits per heavy atom. The molecule has 0 atom stereocenters. The first-order valence-corrected chi connectivity index (χ1v) is 7.95. The first-order chi connectivity index (χ1) is 10.9. The van der Waals surface area contributed by atoms with E-state index < -0.39 is 5.97 Å². The van der Waals surface area contributed by atoms with E-state index in [2.05, 4.69) is 18.8 Å². The molecule has 0 aliphatic carbocycles. The van der Waals surface area contributed by atoms with Crippen LogP contribution in [0.15, 0.2) is 30.3 Å². The number of benzene rings is 1. The maximum atomic E-state index is 14.2. The van der Waals surface area contributed by atoms with Crippen LogP contribution >= 0.6 is 0 Å². The first-order valence-electron chi connectivity index (χ1n) is 7.95. The molecule has 0 amide bonds. The third kappa shape index (κ3) is 3.95. The first kappa shape index (κ1) is 17.1. The van der Waals surface area contributed by atoms with Gasteiger partial charge in [-0.25, -0.2) is 9.18 Å². The number of pyridine rings is 1. The molecule has 23 heavy (non-hydrogen) atoms. The second-order valence-corrected chi connectivity index (χ2v) is 6.11. The predicted molar refractivity (Wildman–Crippen MR) is 89.1 cm³/mol. The number of aromatic nitrogens is 1. The van der Waals surface area contributed by atoms with Crippen molar-refractivity contribution in [1.82, 2.24) is 4.98 Å². The van der Waals surface area contributed by atoms with Gasteiger partial charge in [-0.2, -0.15) is 0 Å². The molecule has 122 valence electrons. The molecule has 4 heteroatoms. The summed E-state index contributed by atoms with van der Waals surface area (Å²) >= 11 is 0. The van der Waals surface area contributed by atoms with Gasteiger partial charge in [0.1, 0.15) is 5.82 Å². The maximum Gasteiger partial charge on any atom is 0.337 e. The Balaban J connectivity index is 2.69. The monoisotopic (exact) mass is 315 g/mol. The number of carboxylic acids is 1. The Hall–Kier alpha value is -2.23. The van der Waals surface area contributed by atoms with Crippen molar-refractivity contribution in [3.05, 3.63) is 53.1 Å². The summed E-state index contributed by atoms with van der Waals surface area (Å²) in [6.07, 6.45) is 2.10. The van der Waals surface area contributed by atoms with Crippen molar-refractivity contribution < 1.29 is 14.3 Å². The molecule has 3 nitrogen and oxygen atoms in total. The summed E-state index contributed by atoms with van der Waals surface area (Å²) in [6, 6.07) is 8.00. The molecule has 1 aromatic carbocycles. The topological polar surface area (TPSA) is 50.2 Å². The average Bonchev–Trinajstić information content (AvgIpc) is 2.48. The zero-order chi connectivity index (χ0) is 17.0. The Kier molecular flexibility index (Phi) is 5.48. The van der Waals surface area contributed by atoms with Gasteiger partial charge in [-0.05, 0) is 30.9 Å². The molecule has 2 aromatic rings. The van der Waals surface area contributed by atoms with Gasteiger partial charge in [0, 0.05) is 16.8 Å². The highest BCUT2D eigenvalue weighted by Gasteiger charge is 2.19. The summed E-state index contributed by atoms with van der Waals surface area (Å²) in [4.78, 5) is 16.2. The van der Waals surface area contributed by atoms with Crippen molar-refractivity contribution in [3.8, 4) is 11.1 Å². The van der Waals surface area contributed by atoms with Gasteiger partial charge in [0.25, 0.3) is 0 Å². The van der Waals surface area contributed by atoms with E-state index in [1.807, 2.05) is 6.92 Å². The van der Waals surface area contributed by atoms with Gasteiger partial charge in [0.15, 0.2) is 0 Å². The van der Waals surface area contributed by atoms with Crippen molar-refractivity contribution in [2.45, 2.75) is 40.0 Å². The van der Waals surface area contributed by atoms with Gasteiger partial charge >= 0.3 is 5.97 Å². The van der Waals surface area contributed by atoms with E-state index in [-0.39, 0.29) is 11.4 Å². The van der Waals surface area contributed by atoms with Crippen molar-refractivity contribution >= 4 is 5.97 Å². The normalized spacial score (nSPS) is 11.0. The lowest BCUT2D eigenvalue weighted by Gasteiger charge is -2.15. The van der Waals surface area contributed by atoms with E-state index in [1.54, 1.807) is 24.3 Å². The minimum Gasteiger partial charge on any atom is -0.478 e. The Morgan fingerprint density at radius 2 is 1.91 bits per heavy atom. The zero-order valence-corrected chi connectivity index (χ0v) is 13.8. The van der Waals surface area contributed by atoms with E-state index in [4.69, 9.17) is 0 Å². The van der Waals surface area contributed by atoms with E-state index in [0.717, 1.165) is 12.1 Å². The summed E-state index contributed by atoms with van der Waals surface area (Å²) in [7, 11) is 0. The average molecular weight is 315 g/mol. The number of carbonyl (C=O) groups is 1. The Morgan fingerprint density at radius 1 is 1.22 bits per heavy atom. The van der Waals surface area contributed by atoms with Crippen LogP contribution in [0.25, 0.3) is 11.1 Å². The van der Waals surface area contributed by atoms with Crippen molar-refractivity contribution in [3.63, 3.8) is 0 Å². The Labute approximate surface area is 136 Å². The molecule has 0 aliphatic rings. The smallest absolute Gasteiger partial charge is 0.337 e. The van der Waals surface area contributed by atoms with Gasteiger partial charge in [0.05, 0.1) is 11.3 Å². The van der Waals surface area contributed by atoms with Crippen molar-refractivity contribution in [1.29, 1.82) is 0 Å². The lowest BCUT2D eigenvalue weighted by atomic mass is 9.94. The molecule has 0 radical (unpaired) electrons. The molecule has 0 saturated carbocycles. The second kappa shape index (κ2) is 7.36. The van der Waals surface area contributed by atoms with E-state index >= 15 is 0 Å². The van der Waals surface area contributed by atoms with Crippen LogP contribution in [0, 0.1) is 11.7 Å². The molecule has 0 unspecified atom stereocenters. The minimum atomic E-state index is -1.02. The van der Waals surface area contributed by atoms with Crippen LogP contribution in [0.3, 0.4) is 0 Å². The molecule has 1 N–H and O–H groups in total. The highest BCUT2D eigenvalue weighted by molar-refractivity contribution is 5.91. The number of carboxylic acid groups (broad SMARTS) is 1. The minimum absolute atomic E-state index is 0.164. The van der Waals surface area contributed by atoms with Crippen molar-refractivity contribution in [2.75, 3.05) is 0 Å². The molecule has 1 heterocycles. The van der Waals surface area contributed by atoms with E-state index in [1.165, 1.54) is 6.07 Å². The molecule has 1 aromatic heterocycles. The lowest BCUT2D eigenvalue weighted by molar-refractivity contribution is 0.0695. The Bertz CT molecular complexity index is 711. The predicted octanol–water partition coefficient (Wildman–Crippen LogP) is 4.74. The molecule has 2 rings (SSSR count). The molecule has 0 bridgehead atoms. The van der Waals surface area contributed by atoms with Crippen molar-refractivity contribution in [2.24, 2.45) is 5.92 Å². The van der Waals surface area contributed by atoms with Crippen LogP contribution in [0.5, 0.6) is 0 Å². The van der Waals surface area contributed by atoms with Crippen LogP contribution in [0.2, 0.25) is 0 Å². The van der Waals surface area contributed by atoms with Gasteiger partial charge in [-0.3, -0.25) is 4.98 Å². The zero-order valence-electron chi connectivity index (χ0n) is 13.8. The fourth-order valence-corrected chi connectivity index (χ4v) is 2.66. The number of aryl methyl sites for hydroxylation is 1. The van der Waals surface area contributed by atoms with Crippen LogP contribution in [0.4, 0.5) is 4.39 Å². The van der Waals surface area contributed by atoms with Crippen LogP contribution in [-0.4, -0.2) is 16.1 Å². The highest BCUT2D eigenvalue weighted by Crippen LogP contribution is 2.29. The van der Waals surface area contributed by atoms with Gasteiger partial charge in [-0.1, -0.05) is 45.4 Å². The van der Waals surface area contributed by atoms with E-state index in [0.29, 0.717) is 35.6 Å². The van der Waals surface area contributed by atoms with Gasteiger partial charge < -0.3 is 5.11 Å². The molecular formula is C19H22FNO2. The SMILES string of the molecule is CCCc1nc(CC(C)C)c(-c2ccccc2F)cc1C(=O)O. The third-order valence-electron chi connectivity index (χ3n) is 3.66. The van der Waals surface area contributed by atoms with E-state index in [9.17, 15) is 14.3 Å². The van der Waals surface area contributed by atoms with Gasteiger partial charge in [-0.15, -0.1) is 0 Å². The standard InChI is InChI=1S/C19H22FNO2/c1-4-7-17-15(19(22)23)11-14(18(21-17)10-12(2)3)13-8-5-6-9-16(13)20/h5-6,8-9,11-12H,4,7,10H2,1-3H3,(H,22,23). The summed E-state index contributed by atoms with van der Waals surface area (Å²) < 4.78 is 14.2. The molecule has 0 saturated heterocycles. The number of nitrogens with zero attached hydrogens (tertiary/aromatic N) is 1.